The van der Waals surface area contributed by atoms with Gasteiger partial charge in [0.2, 0.25) is 0 Å². The van der Waals surface area contributed by atoms with Crippen LogP contribution in [0.3, 0.4) is 0 Å². The lowest BCUT2D eigenvalue weighted by Gasteiger charge is -2.10. The van der Waals surface area contributed by atoms with E-state index in [9.17, 15) is 0 Å². The second-order valence-corrected chi connectivity index (χ2v) is 10.4. The van der Waals surface area contributed by atoms with E-state index in [1.54, 1.807) is 0 Å². The highest BCUT2D eigenvalue weighted by Gasteiger charge is 2.21. The maximum atomic E-state index is 6.50. The Balaban J connectivity index is 1.28. The molecule has 0 unspecified atom stereocenters. The highest BCUT2D eigenvalue weighted by atomic mass is 16.3. The van der Waals surface area contributed by atoms with Crippen molar-refractivity contribution in [1.29, 1.82) is 0 Å². The van der Waals surface area contributed by atoms with Crippen molar-refractivity contribution in [2.45, 2.75) is 0 Å². The number of para-hydroxylation sites is 5. The zero-order valence-corrected chi connectivity index (χ0v) is 21.9. The van der Waals surface area contributed by atoms with Crippen molar-refractivity contribution in [3.8, 4) is 28.2 Å². The molecule has 4 heteroatoms. The Morgan fingerprint density at radius 3 is 1.98 bits per heavy atom. The Morgan fingerprint density at radius 2 is 1.15 bits per heavy atom. The molecule has 3 aromatic heterocycles. The van der Waals surface area contributed by atoms with Crippen LogP contribution in [0.1, 0.15) is 0 Å². The van der Waals surface area contributed by atoms with E-state index in [0.717, 1.165) is 83.1 Å². The molecule has 4 nitrogen and oxygen atoms in total. The Hall–Kier alpha value is -5.61. The smallest absolute Gasteiger partial charge is 0.147 e. The van der Waals surface area contributed by atoms with Gasteiger partial charge in [-0.3, -0.25) is 4.57 Å². The van der Waals surface area contributed by atoms with Crippen molar-refractivity contribution in [3.05, 3.63) is 133 Å². The standard InChI is InChI=1S/C37H22N2O2/c1-2-10-25(11-3-1)39-31-15-7-6-14-30(31)38-37(39)24-20-18-23(19-21-24)28-22-29-26-12-4-8-16-32(26)40-36(29)34-27-13-5-9-17-33(27)41-35(28)34/h1-22H. The first-order valence-electron chi connectivity index (χ1n) is 13.7. The van der Waals surface area contributed by atoms with Crippen LogP contribution in [0.25, 0.3) is 83.1 Å². The average Bonchev–Trinajstić information content (AvgIpc) is 3.72. The van der Waals surface area contributed by atoms with E-state index in [1.165, 1.54) is 0 Å². The minimum absolute atomic E-state index is 0.835. The molecule has 0 radical (unpaired) electrons. The molecule has 0 fully saturated rings. The van der Waals surface area contributed by atoms with Crippen LogP contribution in [0, 0.1) is 0 Å². The molecule has 0 aliphatic rings. The maximum absolute atomic E-state index is 6.50. The molecule has 0 N–H and O–H groups in total. The molecule has 192 valence electrons. The fourth-order valence-corrected chi connectivity index (χ4v) is 6.14. The van der Waals surface area contributed by atoms with Crippen molar-refractivity contribution >= 4 is 54.9 Å². The van der Waals surface area contributed by atoms with E-state index in [2.05, 4.69) is 95.6 Å². The summed E-state index contributed by atoms with van der Waals surface area (Å²) in [6, 6.07) is 45.9. The second kappa shape index (κ2) is 8.44. The number of fused-ring (bicyclic) bond motifs is 8. The van der Waals surface area contributed by atoms with E-state index in [0.29, 0.717) is 0 Å². The Morgan fingerprint density at radius 1 is 0.512 bits per heavy atom. The lowest BCUT2D eigenvalue weighted by molar-refractivity contribution is 0.663. The number of furan rings is 2. The lowest BCUT2D eigenvalue weighted by atomic mass is 9.98. The van der Waals surface area contributed by atoms with Crippen molar-refractivity contribution in [3.63, 3.8) is 0 Å². The van der Waals surface area contributed by atoms with Gasteiger partial charge in [0.25, 0.3) is 0 Å². The third-order valence-corrected chi connectivity index (χ3v) is 8.02. The normalized spacial score (nSPS) is 11.9. The van der Waals surface area contributed by atoms with Gasteiger partial charge in [-0.1, -0.05) is 91.0 Å². The van der Waals surface area contributed by atoms with Crippen molar-refractivity contribution in [2.24, 2.45) is 0 Å². The highest BCUT2D eigenvalue weighted by molar-refractivity contribution is 6.25. The molecular weight excluding hydrogens is 504 g/mol. The van der Waals surface area contributed by atoms with E-state index in [-0.39, 0.29) is 0 Å². The number of rotatable bonds is 3. The molecule has 6 aromatic carbocycles. The van der Waals surface area contributed by atoms with Gasteiger partial charge in [-0.2, -0.15) is 0 Å². The second-order valence-electron chi connectivity index (χ2n) is 10.4. The number of hydrogen-bond acceptors (Lipinski definition) is 3. The van der Waals surface area contributed by atoms with Crippen LogP contribution in [0.2, 0.25) is 0 Å². The minimum atomic E-state index is 0.835. The van der Waals surface area contributed by atoms with Gasteiger partial charge in [0.1, 0.15) is 28.2 Å². The maximum Gasteiger partial charge on any atom is 0.147 e. The van der Waals surface area contributed by atoms with Gasteiger partial charge in [0.15, 0.2) is 0 Å². The zero-order chi connectivity index (χ0) is 26.9. The van der Waals surface area contributed by atoms with Crippen LogP contribution < -0.4 is 0 Å². The molecule has 9 rings (SSSR count). The van der Waals surface area contributed by atoms with Gasteiger partial charge in [-0.05, 0) is 48.0 Å². The van der Waals surface area contributed by atoms with Crippen LogP contribution >= 0.6 is 0 Å². The summed E-state index contributed by atoms with van der Waals surface area (Å²) in [4.78, 5) is 5.04. The first kappa shape index (κ1) is 22.2. The van der Waals surface area contributed by atoms with Crippen LogP contribution in [0.4, 0.5) is 0 Å². The topological polar surface area (TPSA) is 44.1 Å². The van der Waals surface area contributed by atoms with Gasteiger partial charge < -0.3 is 8.83 Å². The first-order chi connectivity index (χ1) is 20.3. The monoisotopic (exact) mass is 526 g/mol. The van der Waals surface area contributed by atoms with Crippen LogP contribution in [0.5, 0.6) is 0 Å². The predicted molar refractivity (Wildman–Crippen MR) is 166 cm³/mol. The number of nitrogens with zero attached hydrogens (tertiary/aromatic N) is 2. The molecule has 0 bridgehead atoms. The lowest BCUT2D eigenvalue weighted by Crippen LogP contribution is -1.97. The van der Waals surface area contributed by atoms with Gasteiger partial charge in [0.05, 0.1) is 16.4 Å². The summed E-state index contributed by atoms with van der Waals surface area (Å²) >= 11 is 0. The largest absolute Gasteiger partial charge is 0.455 e. The Kier molecular flexibility index (Phi) is 4.58. The van der Waals surface area contributed by atoms with Crippen LogP contribution in [-0.2, 0) is 0 Å². The van der Waals surface area contributed by atoms with E-state index < -0.39 is 0 Å². The third-order valence-electron chi connectivity index (χ3n) is 8.02. The molecule has 0 amide bonds. The molecule has 41 heavy (non-hydrogen) atoms. The van der Waals surface area contributed by atoms with Gasteiger partial charge >= 0.3 is 0 Å². The van der Waals surface area contributed by atoms with Gasteiger partial charge in [-0.15, -0.1) is 0 Å². The molecule has 0 aliphatic carbocycles. The Bertz CT molecular complexity index is 2410. The summed E-state index contributed by atoms with van der Waals surface area (Å²) in [5.74, 6) is 0.911. The number of hydrogen-bond donors (Lipinski definition) is 0. The molecule has 0 spiro atoms. The first-order valence-corrected chi connectivity index (χ1v) is 13.7. The van der Waals surface area contributed by atoms with Crippen LogP contribution in [-0.4, -0.2) is 9.55 Å². The van der Waals surface area contributed by atoms with Gasteiger partial charge in [0, 0.05) is 33.0 Å². The van der Waals surface area contributed by atoms with Crippen molar-refractivity contribution in [1.82, 2.24) is 9.55 Å². The minimum Gasteiger partial charge on any atom is -0.455 e. The van der Waals surface area contributed by atoms with E-state index in [1.807, 2.05) is 42.5 Å². The summed E-state index contributed by atoms with van der Waals surface area (Å²) in [6.07, 6.45) is 0. The summed E-state index contributed by atoms with van der Waals surface area (Å²) in [5.41, 5.74) is 9.73. The summed E-state index contributed by atoms with van der Waals surface area (Å²) in [6.45, 7) is 0. The number of benzene rings is 6. The summed E-state index contributed by atoms with van der Waals surface area (Å²) in [7, 11) is 0. The quantitative estimate of drug-likeness (QED) is 0.230. The fraction of sp³-hybridized carbons (Fsp3) is 0. The van der Waals surface area contributed by atoms with E-state index >= 15 is 0 Å². The molecule has 3 heterocycles. The third kappa shape index (κ3) is 3.25. The average molecular weight is 527 g/mol. The van der Waals surface area contributed by atoms with Gasteiger partial charge in [-0.25, -0.2) is 4.98 Å². The fourth-order valence-electron chi connectivity index (χ4n) is 6.14. The molecule has 0 atom stereocenters. The predicted octanol–water partition coefficient (Wildman–Crippen LogP) is 10.2. The summed E-state index contributed by atoms with van der Waals surface area (Å²) < 4.78 is 15.1. The highest BCUT2D eigenvalue weighted by Crippen LogP contribution is 2.44. The van der Waals surface area contributed by atoms with Crippen LogP contribution in [0.15, 0.2) is 142 Å². The number of aromatic nitrogens is 2. The Labute approximate surface area is 234 Å². The molecule has 9 aromatic rings. The van der Waals surface area contributed by atoms with E-state index in [4.69, 9.17) is 13.8 Å². The van der Waals surface area contributed by atoms with Crippen molar-refractivity contribution < 1.29 is 8.83 Å². The molecular formula is C37H22N2O2. The zero-order valence-electron chi connectivity index (χ0n) is 21.9. The SMILES string of the molecule is c1ccc(-n2c(-c3ccc(-c4cc5c6ccccc6oc5c5c4oc4ccccc45)cc3)nc3ccccc32)cc1. The van der Waals surface area contributed by atoms with Crippen molar-refractivity contribution in [2.75, 3.05) is 0 Å². The summed E-state index contributed by atoms with van der Waals surface area (Å²) in [5, 5.41) is 4.26. The molecule has 0 saturated carbocycles. The number of imidazole rings is 1. The molecule has 0 saturated heterocycles. The molecule has 0 aliphatic heterocycles.